The molecule has 2 heterocycles. The number of benzene rings is 2. The van der Waals surface area contributed by atoms with Crippen LogP contribution >= 0.6 is 0 Å². The summed E-state index contributed by atoms with van der Waals surface area (Å²) in [6, 6.07) is 20.3. The van der Waals surface area contributed by atoms with Crippen LogP contribution in [-0.4, -0.2) is 16.3 Å². The van der Waals surface area contributed by atoms with E-state index in [1.165, 1.54) is 5.56 Å². The van der Waals surface area contributed by atoms with Gasteiger partial charge >= 0.3 is 0 Å². The van der Waals surface area contributed by atoms with Gasteiger partial charge in [0.25, 0.3) is 0 Å². The average molecular weight is 312 g/mol. The minimum atomic E-state index is 0.652. The predicted octanol–water partition coefficient (Wildman–Crippen LogP) is 5.02. The number of aryl methyl sites for hydroxylation is 1. The Morgan fingerprint density at radius 3 is 2.58 bits per heavy atom. The van der Waals surface area contributed by atoms with Crippen LogP contribution in [0.15, 0.2) is 66.9 Å². The SMILES string of the molecule is Cc1ccc(-c2[nH]c3ncccc3c2C=O)c(-c2ccccc2)c1. The maximum Gasteiger partial charge on any atom is 0.152 e. The molecule has 116 valence electrons. The van der Waals surface area contributed by atoms with E-state index in [9.17, 15) is 4.79 Å². The van der Waals surface area contributed by atoms with Crippen molar-refractivity contribution < 1.29 is 4.79 Å². The molecule has 24 heavy (non-hydrogen) atoms. The fraction of sp³-hybridized carbons (Fsp3) is 0.0476. The maximum absolute atomic E-state index is 11.7. The summed E-state index contributed by atoms with van der Waals surface area (Å²) in [5, 5.41) is 0.849. The summed E-state index contributed by atoms with van der Waals surface area (Å²) in [5.41, 5.74) is 6.61. The zero-order valence-electron chi connectivity index (χ0n) is 13.3. The van der Waals surface area contributed by atoms with E-state index in [0.29, 0.717) is 5.56 Å². The number of nitrogens with zero attached hydrogens (tertiary/aromatic N) is 1. The van der Waals surface area contributed by atoms with Crippen molar-refractivity contribution in [2.75, 3.05) is 0 Å². The summed E-state index contributed by atoms with van der Waals surface area (Å²) in [4.78, 5) is 19.4. The first-order valence-electron chi connectivity index (χ1n) is 7.86. The second kappa shape index (κ2) is 5.78. The molecule has 0 atom stereocenters. The van der Waals surface area contributed by atoms with Crippen molar-refractivity contribution in [3.63, 3.8) is 0 Å². The summed E-state index contributed by atoms with van der Waals surface area (Å²) < 4.78 is 0. The van der Waals surface area contributed by atoms with Gasteiger partial charge in [0, 0.05) is 22.7 Å². The molecule has 0 saturated carbocycles. The van der Waals surface area contributed by atoms with Crippen molar-refractivity contribution in [2.45, 2.75) is 6.92 Å². The van der Waals surface area contributed by atoms with Crippen LogP contribution in [0.1, 0.15) is 15.9 Å². The number of aromatic amines is 1. The number of aldehydes is 1. The molecule has 4 rings (SSSR count). The summed E-state index contributed by atoms with van der Waals surface area (Å²) in [6.07, 6.45) is 2.63. The average Bonchev–Trinajstić information content (AvgIpc) is 3.00. The third-order valence-corrected chi connectivity index (χ3v) is 4.26. The molecule has 0 aliphatic rings. The van der Waals surface area contributed by atoms with Crippen molar-refractivity contribution >= 4 is 17.3 Å². The number of carbonyl (C=O) groups excluding carboxylic acids is 1. The number of hydrogen-bond donors (Lipinski definition) is 1. The van der Waals surface area contributed by atoms with Crippen LogP contribution in [0.4, 0.5) is 0 Å². The van der Waals surface area contributed by atoms with E-state index in [0.717, 1.165) is 39.7 Å². The molecule has 2 aromatic carbocycles. The van der Waals surface area contributed by atoms with E-state index < -0.39 is 0 Å². The fourth-order valence-electron chi connectivity index (χ4n) is 3.11. The Morgan fingerprint density at radius 1 is 0.958 bits per heavy atom. The molecule has 0 aliphatic heterocycles. The number of nitrogens with one attached hydrogen (secondary N) is 1. The molecule has 0 fully saturated rings. The van der Waals surface area contributed by atoms with Crippen LogP contribution in [0, 0.1) is 6.92 Å². The minimum absolute atomic E-state index is 0.652. The van der Waals surface area contributed by atoms with Gasteiger partial charge in [-0.25, -0.2) is 4.98 Å². The summed E-state index contributed by atoms with van der Waals surface area (Å²) in [6.45, 7) is 2.07. The first-order valence-corrected chi connectivity index (χ1v) is 7.86. The molecule has 0 amide bonds. The number of pyridine rings is 1. The van der Waals surface area contributed by atoms with Gasteiger partial charge in [-0.15, -0.1) is 0 Å². The molecule has 4 aromatic rings. The molecular formula is C21H16N2O. The molecule has 0 radical (unpaired) electrons. The molecular weight excluding hydrogens is 296 g/mol. The Labute approximate surface area is 140 Å². The molecule has 0 spiro atoms. The summed E-state index contributed by atoms with van der Waals surface area (Å²) >= 11 is 0. The molecule has 3 heteroatoms. The van der Waals surface area contributed by atoms with Crippen LogP contribution in [-0.2, 0) is 0 Å². The number of rotatable bonds is 3. The highest BCUT2D eigenvalue weighted by Gasteiger charge is 2.16. The predicted molar refractivity (Wildman–Crippen MR) is 97.1 cm³/mol. The van der Waals surface area contributed by atoms with Crippen LogP contribution < -0.4 is 0 Å². The van der Waals surface area contributed by atoms with Crippen LogP contribution in [0.2, 0.25) is 0 Å². The molecule has 0 unspecified atom stereocenters. The lowest BCUT2D eigenvalue weighted by molar-refractivity contribution is 0.112. The van der Waals surface area contributed by atoms with E-state index in [-0.39, 0.29) is 0 Å². The summed E-state index contributed by atoms with van der Waals surface area (Å²) in [7, 11) is 0. The number of aromatic nitrogens is 2. The molecule has 0 saturated heterocycles. The van der Waals surface area contributed by atoms with Gasteiger partial charge in [-0.3, -0.25) is 4.79 Å². The van der Waals surface area contributed by atoms with Crippen molar-refractivity contribution in [2.24, 2.45) is 0 Å². The number of hydrogen-bond acceptors (Lipinski definition) is 2. The van der Waals surface area contributed by atoms with Gasteiger partial charge in [-0.1, -0.05) is 54.1 Å². The topological polar surface area (TPSA) is 45.8 Å². The Kier molecular flexibility index (Phi) is 3.47. The third kappa shape index (κ3) is 2.31. The Bertz CT molecular complexity index is 1030. The van der Waals surface area contributed by atoms with Gasteiger partial charge in [0.05, 0.1) is 5.69 Å². The van der Waals surface area contributed by atoms with Crippen molar-refractivity contribution in [3.05, 3.63) is 78.0 Å². The van der Waals surface area contributed by atoms with E-state index >= 15 is 0 Å². The lowest BCUT2D eigenvalue weighted by atomic mass is 9.94. The molecule has 1 N–H and O–H groups in total. The highest BCUT2D eigenvalue weighted by Crippen LogP contribution is 2.36. The van der Waals surface area contributed by atoms with Crippen LogP contribution in [0.3, 0.4) is 0 Å². The smallest absolute Gasteiger partial charge is 0.152 e. The quantitative estimate of drug-likeness (QED) is 0.540. The molecule has 0 bridgehead atoms. The Morgan fingerprint density at radius 2 is 1.79 bits per heavy atom. The summed E-state index contributed by atoms with van der Waals surface area (Å²) in [5.74, 6) is 0. The van der Waals surface area contributed by atoms with Gasteiger partial charge in [-0.05, 0) is 30.2 Å². The Balaban J connectivity index is 2.03. The highest BCUT2D eigenvalue weighted by atomic mass is 16.1. The Hall–Kier alpha value is -3.20. The van der Waals surface area contributed by atoms with E-state index in [4.69, 9.17) is 0 Å². The largest absolute Gasteiger partial charge is 0.339 e. The maximum atomic E-state index is 11.7. The van der Waals surface area contributed by atoms with Gasteiger partial charge in [0.1, 0.15) is 5.65 Å². The standard InChI is InChI=1S/C21H16N2O/c1-14-9-10-16(18(12-14)15-6-3-2-4-7-15)20-19(13-24)17-8-5-11-22-21(17)23-20/h2-13H,1H3,(H,22,23). The van der Waals surface area contributed by atoms with Gasteiger partial charge in [-0.2, -0.15) is 0 Å². The third-order valence-electron chi connectivity index (χ3n) is 4.26. The second-order valence-electron chi connectivity index (χ2n) is 5.85. The first-order chi connectivity index (χ1) is 11.8. The van der Waals surface area contributed by atoms with Crippen LogP contribution in [0.5, 0.6) is 0 Å². The number of H-pyrrole nitrogens is 1. The lowest BCUT2D eigenvalue weighted by Crippen LogP contribution is -1.90. The fourth-order valence-corrected chi connectivity index (χ4v) is 3.11. The molecule has 3 nitrogen and oxygen atoms in total. The van der Waals surface area contributed by atoms with Crippen molar-refractivity contribution in [1.82, 2.24) is 9.97 Å². The second-order valence-corrected chi connectivity index (χ2v) is 5.85. The minimum Gasteiger partial charge on any atom is -0.339 e. The van der Waals surface area contributed by atoms with Crippen molar-refractivity contribution in [3.8, 4) is 22.4 Å². The molecule has 0 aliphatic carbocycles. The van der Waals surface area contributed by atoms with E-state index in [1.807, 2.05) is 30.3 Å². The van der Waals surface area contributed by atoms with E-state index in [2.05, 4.69) is 47.2 Å². The highest BCUT2D eigenvalue weighted by molar-refractivity contribution is 6.04. The number of fused-ring (bicyclic) bond motifs is 1. The van der Waals surface area contributed by atoms with Gasteiger partial charge in [0.2, 0.25) is 0 Å². The monoisotopic (exact) mass is 312 g/mol. The lowest BCUT2D eigenvalue weighted by Gasteiger charge is -2.11. The van der Waals surface area contributed by atoms with Gasteiger partial charge < -0.3 is 4.98 Å². The number of carbonyl (C=O) groups is 1. The van der Waals surface area contributed by atoms with Crippen LogP contribution in [0.25, 0.3) is 33.4 Å². The first kappa shape index (κ1) is 14.4. The molecule has 2 aromatic heterocycles. The van der Waals surface area contributed by atoms with Gasteiger partial charge in [0.15, 0.2) is 6.29 Å². The zero-order chi connectivity index (χ0) is 16.5. The van der Waals surface area contributed by atoms with Crippen molar-refractivity contribution in [1.29, 1.82) is 0 Å². The van der Waals surface area contributed by atoms with E-state index in [1.54, 1.807) is 6.20 Å². The normalized spacial score (nSPS) is 10.9. The zero-order valence-corrected chi connectivity index (χ0v) is 13.3.